The molecule has 0 aliphatic carbocycles. The van der Waals surface area contributed by atoms with Crippen LogP contribution < -0.4 is 16.4 Å². The van der Waals surface area contributed by atoms with Crippen LogP contribution in [0.4, 0.5) is 5.69 Å². The van der Waals surface area contributed by atoms with Gasteiger partial charge in [0.05, 0.1) is 12.6 Å². The molecule has 2 amide bonds. The second-order valence-corrected chi connectivity index (χ2v) is 14.1. The molecule has 0 fully saturated rings. The monoisotopic (exact) mass is 425 g/mol. The van der Waals surface area contributed by atoms with Crippen molar-refractivity contribution < 1.29 is 14.0 Å². The van der Waals surface area contributed by atoms with E-state index in [4.69, 9.17) is 10.2 Å². The normalized spacial score (nSPS) is 19.8. The molecule has 2 aromatic carbocycles. The Morgan fingerprint density at radius 1 is 1.13 bits per heavy atom. The SMILES string of the molecule is CC(C)(C)[Si](C)(C)OC[C@H](N[C@]1(C(N)=O)C(=O)Nc2ccccc21)c1ccccc1. The molecule has 1 heterocycles. The highest BCUT2D eigenvalue weighted by atomic mass is 28.4. The summed E-state index contributed by atoms with van der Waals surface area (Å²) in [5, 5.41) is 6.11. The maximum absolute atomic E-state index is 13.0. The molecule has 1 aliphatic rings. The maximum atomic E-state index is 13.0. The van der Waals surface area contributed by atoms with Gasteiger partial charge in [0.25, 0.3) is 11.8 Å². The van der Waals surface area contributed by atoms with Gasteiger partial charge in [0.1, 0.15) is 0 Å². The van der Waals surface area contributed by atoms with E-state index in [1.165, 1.54) is 0 Å². The second kappa shape index (κ2) is 7.98. The number of hydrogen-bond donors (Lipinski definition) is 3. The number of benzene rings is 2. The van der Waals surface area contributed by atoms with Gasteiger partial charge in [-0.2, -0.15) is 0 Å². The lowest BCUT2D eigenvalue weighted by molar-refractivity contribution is -0.134. The van der Waals surface area contributed by atoms with Gasteiger partial charge in [-0.05, 0) is 29.8 Å². The van der Waals surface area contributed by atoms with E-state index in [0.29, 0.717) is 17.9 Å². The Morgan fingerprint density at radius 3 is 2.33 bits per heavy atom. The third-order valence-electron chi connectivity index (χ3n) is 6.30. The number of rotatable bonds is 7. The third-order valence-corrected chi connectivity index (χ3v) is 10.8. The zero-order valence-electron chi connectivity index (χ0n) is 18.3. The minimum Gasteiger partial charge on any atom is -0.415 e. The Labute approximate surface area is 179 Å². The molecule has 6 nitrogen and oxygen atoms in total. The van der Waals surface area contributed by atoms with E-state index in [-0.39, 0.29) is 5.04 Å². The largest absolute Gasteiger partial charge is 0.415 e. The molecule has 3 rings (SSSR count). The van der Waals surface area contributed by atoms with Crippen molar-refractivity contribution in [3.05, 3.63) is 65.7 Å². The summed E-state index contributed by atoms with van der Waals surface area (Å²) in [7, 11) is -2.05. The molecule has 0 saturated heterocycles. The summed E-state index contributed by atoms with van der Waals surface area (Å²) in [6, 6.07) is 16.4. The quantitative estimate of drug-likeness (QED) is 0.466. The molecular formula is C23H31N3O3Si. The van der Waals surface area contributed by atoms with Crippen molar-refractivity contribution in [1.29, 1.82) is 0 Å². The number of amides is 2. The highest BCUT2D eigenvalue weighted by molar-refractivity contribution is 6.74. The number of nitrogens with two attached hydrogens (primary N) is 1. The minimum atomic E-state index is -2.05. The molecule has 2 aromatic rings. The lowest BCUT2D eigenvalue weighted by atomic mass is 9.88. The summed E-state index contributed by atoms with van der Waals surface area (Å²) >= 11 is 0. The minimum absolute atomic E-state index is 0.0347. The van der Waals surface area contributed by atoms with Crippen molar-refractivity contribution in [2.24, 2.45) is 5.73 Å². The Balaban J connectivity index is 2.00. The Bertz CT molecular complexity index is 940. The van der Waals surface area contributed by atoms with Gasteiger partial charge in [0.15, 0.2) is 8.32 Å². The summed E-state index contributed by atoms with van der Waals surface area (Å²) in [6.07, 6.45) is 0. The van der Waals surface area contributed by atoms with Crippen LogP contribution in [-0.2, 0) is 19.6 Å². The van der Waals surface area contributed by atoms with E-state index in [1.54, 1.807) is 18.2 Å². The Kier molecular flexibility index (Phi) is 5.91. The number of nitrogens with one attached hydrogen (secondary N) is 2. The molecule has 1 aliphatic heterocycles. The van der Waals surface area contributed by atoms with Crippen molar-refractivity contribution in [2.45, 2.75) is 50.5 Å². The topological polar surface area (TPSA) is 93.4 Å². The van der Waals surface area contributed by atoms with E-state index in [1.807, 2.05) is 36.4 Å². The van der Waals surface area contributed by atoms with Crippen molar-refractivity contribution >= 4 is 25.8 Å². The molecule has 0 spiro atoms. The Hall–Kier alpha value is -2.48. The van der Waals surface area contributed by atoms with Gasteiger partial charge in [-0.15, -0.1) is 0 Å². The van der Waals surface area contributed by atoms with E-state index in [9.17, 15) is 9.59 Å². The first kappa shape index (κ1) is 22.2. The van der Waals surface area contributed by atoms with Crippen LogP contribution in [0.3, 0.4) is 0 Å². The molecule has 160 valence electrons. The zero-order chi connectivity index (χ0) is 22.2. The van der Waals surface area contributed by atoms with Gasteiger partial charge >= 0.3 is 0 Å². The fourth-order valence-electron chi connectivity index (χ4n) is 3.39. The van der Waals surface area contributed by atoms with Crippen LogP contribution in [0, 0.1) is 0 Å². The highest BCUT2D eigenvalue weighted by Crippen LogP contribution is 2.39. The number of carbonyl (C=O) groups is 2. The summed E-state index contributed by atoms with van der Waals surface area (Å²) in [5.74, 6) is -1.21. The smallest absolute Gasteiger partial charge is 0.259 e. The molecule has 30 heavy (non-hydrogen) atoms. The average Bonchev–Trinajstić information content (AvgIpc) is 2.97. The number of primary amides is 1. The summed E-state index contributed by atoms with van der Waals surface area (Å²) in [6.45, 7) is 11.2. The van der Waals surface area contributed by atoms with Crippen molar-refractivity contribution in [3.63, 3.8) is 0 Å². The molecule has 0 radical (unpaired) electrons. The summed E-state index contributed by atoms with van der Waals surface area (Å²) in [5.41, 5.74) is 6.21. The number of hydrogen-bond acceptors (Lipinski definition) is 4. The van der Waals surface area contributed by atoms with E-state index < -0.39 is 31.7 Å². The van der Waals surface area contributed by atoms with E-state index >= 15 is 0 Å². The van der Waals surface area contributed by atoms with Crippen molar-refractivity contribution in [2.75, 3.05) is 11.9 Å². The number of fused-ring (bicyclic) bond motifs is 1. The molecule has 4 N–H and O–H groups in total. The number of para-hydroxylation sites is 1. The van der Waals surface area contributed by atoms with Gasteiger partial charge in [-0.1, -0.05) is 69.3 Å². The molecule has 7 heteroatoms. The Morgan fingerprint density at radius 2 is 1.73 bits per heavy atom. The summed E-state index contributed by atoms with van der Waals surface area (Å²) < 4.78 is 6.46. The van der Waals surface area contributed by atoms with Crippen LogP contribution in [0.1, 0.15) is 37.9 Å². The van der Waals surface area contributed by atoms with Crippen molar-refractivity contribution in [3.8, 4) is 0 Å². The van der Waals surface area contributed by atoms with Gasteiger partial charge in [0.2, 0.25) is 5.54 Å². The lowest BCUT2D eigenvalue weighted by Gasteiger charge is -2.38. The fourth-order valence-corrected chi connectivity index (χ4v) is 4.41. The molecule has 2 atom stereocenters. The fraction of sp³-hybridized carbons (Fsp3) is 0.391. The lowest BCUT2D eigenvalue weighted by Crippen LogP contribution is -2.59. The van der Waals surface area contributed by atoms with Gasteiger partial charge < -0.3 is 15.5 Å². The van der Waals surface area contributed by atoms with E-state index in [2.05, 4.69) is 44.5 Å². The molecule has 0 aromatic heterocycles. The van der Waals surface area contributed by atoms with Gasteiger partial charge in [0, 0.05) is 11.3 Å². The predicted octanol–water partition coefficient (Wildman–Crippen LogP) is 3.67. The first-order valence-electron chi connectivity index (χ1n) is 10.2. The number of anilines is 1. The third kappa shape index (κ3) is 3.92. The zero-order valence-corrected chi connectivity index (χ0v) is 19.3. The van der Waals surface area contributed by atoms with Crippen LogP contribution in [0.2, 0.25) is 18.1 Å². The standard InChI is InChI=1S/C23H31N3O3Si/c1-22(2,3)30(4,5)29-15-19(16-11-7-6-8-12-16)26-23(20(24)27)17-13-9-10-14-18(17)25-21(23)28/h6-14,19,26H,15H2,1-5H3,(H2,24,27)(H,25,28)/t19-,23+/m0/s1. The second-order valence-electron chi connectivity index (χ2n) is 9.29. The molecule has 0 unspecified atom stereocenters. The number of carbonyl (C=O) groups excluding carboxylic acids is 2. The molecular weight excluding hydrogens is 394 g/mol. The predicted molar refractivity (Wildman–Crippen MR) is 121 cm³/mol. The first-order chi connectivity index (χ1) is 14.0. The first-order valence-corrected chi connectivity index (χ1v) is 13.1. The highest BCUT2D eigenvalue weighted by Gasteiger charge is 2.53. The van der Waals surface area contributed by atoms with Crippen LogP contribution in [-0.4, -0.2) is 26.7 Å². The van der Waals surface area contributed by atoms with Crippen molar-refractivity contribution in [1.82, 2.24) is 5.32 Å². The van der Waals surface area contributed by atoms with E-state index in [0.717, 1.165) is 5.56 Å². The van der Waals surface area contributed by atoms with Crippen LogP contribution in [0.25, 0.3) is 0 Å². The van der Waals surface area contributed by atoms with Crippen LogP contribution >= 0.6 is 0 Å². The summed E-state index contributed by atoms with van der Waals surface area (Å²) in [4.78, 5) is 25.7. The average molecular weight is 426 g/mol. The van der Waals surface area contributed by atoms with Crippen LogP contribution in [0.15, 0.2) is 54.6 Å². The van der Waals surface area contributed by atoms with Gasteiger partial charge in [-0.3, -0.25) is 14.9 Å². The molecule has 0 saturated carbocycles. The van der Waals surface area contributed by atoms with Crippen LogP contribution in [0.5, 0.6) is 0 Å². The van der Waals surface area contributed by atoms with Gasteiger partial charge in [-0.25, -0.2) is 0 Å². The molecule has 0 bridgehead atoms. The maximum Gasteiger partial charge on any atom is 0.259 e.